The van der Waals surface area contributed by atoms with Gasteiger partial charge >= 0.3 is 0 Å². The van der Waals surface area contributed by atoms with Gasteiger partial charge in [0.2, 0.25) is 5.91 Å². The van der Waals surface area contributed by atoms with E-state index < -0.39 is 11.7 Å². The van der Waals surface area contributed by atoms with E-state index in [4.69, 9.17) is 4.74 Å². The second-order valence-electron chi connectivity index (χ2n) is 4.60. The molecule has 0 radical (unpaired) electrons. The number of rotatable bonds is 4. The molecule has 1 aliphatic heterocycles. The van der Waals surface area contributed by atoms with Gasteiger partial charge in [0.15, 0.2) is 5.76 Å². The highest BCUT2D eigenvalue weighted by Gasteiger charge is 2.24. The van der Waals surface area contributed by atoms with E-state index in [9.17, 15) is 14.0 Å². The minimum atomic E-state index is -0.472. The standard InChI is InChI=1S/C15H17FN2O3/c1-17-14(19)10-18(12-6-4-5-11(16)9-12)15(20)13-7-2-3-8-21-13/h4-7,9H,2-3,8,10H2,1H3,(H,17,19). The summed E-state index contributed by atoms with van der Waals surface area (Å²) in [5.74, 6) is -1.05. The predicted octanol–water partition coefficient (Wildman–Crippen LogP) is 1.60. The fourth-order valence-electron chi connectivity index (χ4n) is 1.99. The van der Waals surface area contributed by atoms with E-state index in [2.05, 4.69) is 5.32 Å². The maximum Gasteiger partial charge on any atom is 0.293 e. The lowest BCUT2D eigenvalue weighted by Gasteiger charge is -2.24. The van der Waals surface area contributed by atoms with Crippen LogP contribution in [0.5, 0.6) is 0 Å². The molecule has 5 nitrogen and oxygen atoms in total. The van der Waals surface area contributed by atoms with Crippen LogP contribution in [-0.4, -0.2) is 32.0 Å². The van der Waals surface area contributed by atoms with Crippen molar-refractivity contribution in [2.75, 3.05) is 25.1 Å². The van der Waals surface area contributed by atoms with Gasteiger partial charge in [-0.15, -0.1) is 0 Å². The molecule has 0 bridgehead atoms. The zero-order valence-electron chi connectivity index (χ0n) is 11.8. The summed E-state index contributed by atoms with van der Waals surface area (Å²) >= 11 is 0. The third-order valence-corrected chi connectivity index (χ3v) is 3.09. The monoisotopic (exact) mass is 292 g/mol. The number of hydrogen-bond donors (Lipinski definition) is 1. The molecule has 0 unspecified atom stereocenters. The first-order valence-electron chi connectivity index (χ1n) is 6.73. The maximum atomic E-state index is 13.4. The number of nitrogens with one attached hydrogen (secondary N) is 1. The summed E-state index contributed by atoms with van der Waals surface area (Å²) in [5.41, 5.74) is 0.318. The first-order valence-corrected chi connectivity index (χ1v) is 6.73. The summed E-state index contributed by atoms with van der Waals surface area (Å²) in [4.78, 5) is 25.3. The average molecular weight is 292 g/mol. The molecular weight excluding hydrogens is 275 g/mol. The van der Waals surface area contributed by atoms with Crippen LogP contribution in [0, 0.1) is 5.82 Å². The fourth-order valence-corrected chi connectivity index (χ4v) is 1.99. The smallest absolute Gasteiger partial charge is 0.293 e. The van der Waals surface area contributed by atoms with Gasteiger partial charge in [0.25, 0.3) is 5.91 Å². The van der Waals surface area contributed by atoms with Gasteiger partial charge in [0.05, 0.1) is 6.61 Å². The van der Waals surface area contributed by atoms with E-state index in [0.717, 1.165) is 12.8 Å². The Labute approximate surface area is 122 Å². The van der Waals surface area contributed by atoms with Crippen LogP contribution >= 0.6 is 0 Å². The highest BCUT2D eigenvalue weighted by molar-refractivity contribution is 6.07. The Morgan fingerprint density at radius 2 is 2.24 bits per heavy atom. The number of nitrogens with zero attached hydrogens (tertiary/aromatic N) is 1. The molecule has 6 heteroatoms. The number of ether oxygens (including phenoxy) is 1. The Hall–Kier alpha value is -2.37. The van der Waals surface area contributed by atoms with Crippen LogP contribution in [0.15, 0.2) is 36.1 Å². The van der Waals surface area contributed by atoms with Crippen molar-refractivity contribution in [3.63, 3.8) is 0 Å². The Kier molecular flexibility index (Phi) is 4.92. The van der Waals surface area contributed by atoms with E-state index in [-0.39, 0.29) is 18.2 Å². The van der Waals surface area contributed by atoms with Crippen molar-refractivity contribution in [3.05, 3.63) is 41.9 Å². The molecule has 2 amide bonds. The Morgan fingerprint density at radius 1 is 1.43 bits per heavy atom. The van der Waals surface area contributed by atoms with Crippen molar-refractivity contribution in [3.8, 4) is 0 Å². The van der Waals surface area contributed by atoms with Gasteiger partial charge in [-0.25, -0.2) is 4.39 Å². The first-order chi connectivity index (χ1) is 10.1. The molecule has 1 aliphatic rings. The number of benzene rings is 1. The summed E-state index contributed by atoms with van der Waals surface area (Å²) in [6, 6.07) is 5.56. The van der Waals surface area contributed by atoms with Crippen molar-refractivity contribution in [1.29, 1.82) is 0 Å². The van der Waals surface area contributed by atoms with Gasteiger partial charge in [-0.2, -0.15) is 0 Å². The molecule has 1 heterocycles. The summed E-state index contributed by atoms with van der Waals surface area (Å²) in [7, 11) is 1.48. The predicted molar refractivity (Wildman–Crippen MR) is 76.1 cm³/mol. The number of hydrogen-bond acceptors (Lipinski definition) is 3. The zero-order valence-corrected chi connectivity index (χ0v) is 11.8. The highest BCUT2D eigenvalue weighted by atomic mass is 19.1. The van der Waals surface area contributed by atoms with Crippen molar-refractivity contribution in [2.45, 2.75) is 12.8 Å². The van der Waals surface area contributed by atoms with Crippen LogP contribution in [0.4, 0.5) is 10.1 Å². The number of halogens is 1. The maximum absolute atomic E-state index is 13.4. The SMILES string of the molecule is CNC(=O)CN(C(=O)C1=CCCCO1)c1cccc(F)c1. The second kappa shape index (κ2) is 6.88. The van der Waals surface area contributed by atoms with Crippen molar-refractivity contribution in [2.24, 2.45) is 0 Å². The van der Waals surface area contributed by atoms with Crippen molar-refractivity contribution < 1.29 is 18.7 Å². The molecule has 112 valence electrons. The quantitative estimate of drug-likeness (QED) is 0.917. The Bertz CT molecular complexity index is 572. The second-order valence-corrected chi connectivity index (χ2v) is 4.60. The lowest BCUT2D eigenvalue weighted by molar-refractivity contribution is -0.123. The number of anilines is 1. The third kappa shape index (κ3) is 3.81. The molecule has 2 rings (SSSR count). The summed E-state index contributed by atoms with van der Waals surface area (Å²) in [5, 5.41) is 2.45. The van der Waals surface area contributed by atoms with Gasteiger partial charge in [0.1, 0.15) is 12.4 Å². The summed E-state index contributed by atoms with van der Waals surface area (Å²) < 4.78 is 18.7. The van der Waals surface area contributed by atoms with Crippen LogP contribution in [0.3, 0.4) is 0 Å². The normalized spacial score (nSPS) is 13.9. The number of carbonyl (C=O) groups is 2. The fraction of sp³-hybridized carbons (Fsp3) is 0.333. The average Bonchev–Trinajstić information content (AvgIpc) is 2.52. The Morgan fingerprint density at radius 3 is 2.86 bits per heavy atom. The van der Waals surface area contributed by atoms with E-state index in [0.29, 0.717) is 12.3 Å². The van der Waals surface area contributed by atoms with Crippen LogP contribution in [-0.2, 0) is 14.3 Å². The minimum Gasteiger partial charge on any atom is -0.488 e. The van der Waals surface area contributed by atoms with E-state index in [1.54, 1.807) is 12.1 Å². The number of carbonyl (C=O) groups excluding carboxylic acids is 2. The molecule has 0 aliphatic carbocycles. The lowest BCUT2D eigenvalue weighted by atomic mass is 10.2. The molecule has 0 spiro atoms. The van der Waals surface area contributed by atoms with Gasteiger partial charge in [-0.3, -0.25) is 14.5 Å². The molecule has 0 saturated carbocycles. The summed E-state index contributed by atoms with van der Waals surface area (Å²) in [6.45, 7) is 0.272. The number of amides is 2. The van der Waals surface area contributed by atoms with E-state index in [1.807, 2.05) is 0 Å². The molecule has 1 N–H and O–H groups in total. The number of allylic oxidation sites excluding steroid dienone is 1. The van der Waals surface area contributed by atoms with Gasteiger partial charge in [-0.1, -0.05) is 6.07 Å². The molecule has 0 saturated heterocycles. The molecule has 21 heavy (non-hydrogen) atoms. The Balaban J connectivity index is 2.29. The van der Waals surface area contributed by atoms with Crippen molar-refractivity contribution >= 4 is 17.5 Å². The largest absolute Gasteiger partial charge is 0.488 e. The third-order valence-electron chi connectivity index (χ3n) is 3.09. The highest BCUT2D eigenvalue weighted by Crippen LogP contribution is 2.20. The van der Waals surface area contributed by atoms with Gasteiger partial charge < -0.3 is 10.1 Å². The van der Waals surface area contributed by atoms with Crippen LogP contribution < -0.4 is 10.2 Å². The van der Waals surface area contributed by atoms with Crippen molar-refractivity contribution in [1.82, 2.24) is 5.32 Å². The zero-order chi connectivity index (χ0) is 15.2. The molecule has 1 aromatic rings. The first kappa shape index (κ1) is 15.0. The number of likely N-dealkylation sites (N-methyl/N-ethyl adjacent to an activating group) is 1. The van der Waals surface area contributed by atoms with Gasteiger partial charge in [-0.05, 0) is 37.1 Å². The van der Waals surface area contributed by atoms with Crippen LogP contribution in [0.2, 0.25) is 0 Å². The molecule has 1 aromatic carbocycles. The van der Waals surface area contributed by atoms with Gasteiger partial charge in [0, 0.05) is 12.7 Å². The molecule has 0 fully saturated rings. The topological polar surface area (TPSA) is 58.6 Å². The molecule has 0 atom stereocenters. The lowest BCUT2D eigenvalue weighted by Crippen LogP contribution is -2.41. The van der Waals surface area contributed by atoms with E-state index >= 15 is 0 Å². The summed E-state index contributed by atoms with van der Waals surface area (Å²) in [6.07, 6.45) is 3.30. The molecule has 0 aromatic heterocycles. The van der Waals surface area contributed by atoms with Crippen LogP contribution in [0.25, 0.3) is 0 Å². The molecular formula is C15H17FN2O3. The minimum absolute atomic E-state index is 0.195. The van der Waals surface area contributed by atoms with E-state index in [1.165, 1.54) is 30.1 Å². The van der Waals surface area contributed by atoms with Crippen LogP contribution in [0.1, 0.15) is 12.8 Å².